The first-order valence-corrected chi connectivity index (χ1v) is 14.7. The first-order valence-electron chi connectivity index (χ1n) is 14.7. The third-order valence-electron chi connectivity index (χ3n) is 7.45. The van der Waals surface area contributed by atoms with Crippen LogP contribution in [0.1, 0.15) is 84.6 Å². The molecule has 0 atom stereocenters. The van der Waals surface area contributed by atoms with Crippen molar-refractivity contribution in [2.24, 2.45) is 0 Å². The van der Waals surface area contributed by atoms with Crippen LogP contribution in [0.4, 0.5) is 5.69 Å². The number of ketones is 1. The number of aromatic hydroxyl groups is 2. The molecule has 0 aliphatic heterocycles. The fraction of sp³-hybridized carbons (Fsp3) is 0.500. The van der Waals surface area contributed by atoms with Crippen LogP contribution in [0.25, 0.3) is 5.57 Å². The molecule has 0 heterocycles. The van der Waals surface area contributed by atoms with Crippen LogP contribution in [0.2, 0.25) is 0 Å². The summed E-state index contributed by atoms with van der Waals surface area (Å²) in [5, 5.41) is 54.3. The van der Waals surface area contributed by atoms with Gasteiger partial charge in [0.05, 0.1) is 34.4 Å². The highest BCUT2D eigenvalue weighted by molar-refractivity contribution is 6.40. The summed E-state index contributed by atoms with van der Waals surface area (Å²) in [4.78, 5) is 15.4. The van der Waals surface area contributed by atoms with Gasteiger partial charge < -0.3 is 30.4 Å². The quantitative estimate of drug-likeness (QED) is 0.130. The minimum absolute atomic E-state index is 0.165. The molecule has 0 bridgehead atoms. The second-order valence-electron chi connectivity index (χ2n) is 10.5. The van der Waals surface area contributed by atoms with Gasteiger partial charge >= 0.3 is 0 Å². The monoisotopic (exact) mass is 553 g/mol. The van der Waals surface area contributed by atoms with E-state index in [0.29, 0.717) is 11.4 Å². The molecule has 3 rings (SSSR count). The molecular formula is C32H45N2O6+. The van der Waals surface area contributed by atoms with Gasteiger partial charge in [0, 0.05) is 43.8 Å². The van der Waals surface area contributed by atoms with Gasteiger partial charge in [-0.2, -0.15) is 0 Å². The van der Waals surface area contributed by atoms with Crippen LogP contribution in [-0.2, 0) is 4.79 Å². The van der Waals surface area contributed by atoms with Crippen LogP contribution in [-0.4, -0.2) is 67.8 Å². The van der Waals surface area contributed by atoms with Gasteiger partial charge in [-0.1, -0.05) is 53.4 Å². The number of rotatable bonds is 14. The van der Waals surface area contributed by atoms with Crippen molar-refractivity contribution in [3.8, 4) is 11.5 Å². The number of unbranched alkanes of at least 4 members (excludes halogenated alkanes) is 4. The normalized spacial score (nSPS) is 15.3. The van der Waals surface area contributed by atoms with E-state index in [1.165, 1.54) is 24.3 Å². The molecule has 0 aromatic heterocycles. The van der Waals surface area contributed by atoms with E-state index in [-0.39, 0.29) is 45.3 Å². The lowest BCUT2D eigenvalue weighted by Gasteiger charge is -2.28. The fourth-order valence-electron chi connectivity index (χ4n) is 5.07. The maximum atomic E-state index is 13.3. The molecule has 8 heteroatoms. The van der Waals surface area contributed by atoms with E-state index >= 15 is 0 Å². The number of anilines is 1. The molecule has 1 aromatic rings. The number of allylic oxidation sites excluding steroid dienone is 4. The summed E-state index contributed by atoms with van der Waals surface area (Å²) in [6.07, 6.45) is 10.8. The minimum Gasteiger partial charge on any atom is -0.507 e. The number of aliphatic hydroxyl groups excluding tert-OH is 3. The van der Waals surface area contributed by atoms with Crippen molar-refractivity contribution in [2.45, 2.75) is 79.1 Å². The Morgan fingerprint density at radius 1 is 0.675 bits per heavy atom. The average molecular weight is 554 g/mol. The highest BCUT2D eigenvalue weighted by atomic mass is 16.3. The van der Waals surface area contributed by atoms with Crippen LogP contribution in [0.5, 0.6) is 11.5 Å². The molecule has 0 fully saturated rings. The van der Waals surface area contributed by atoms with Gasteiger partial charge in [-0.05, 0) is 12.8 Å². The third kappa shape index (κ3) is 6.54. The van der Waals surface area contributed by atoms with Gasteiger partial charge in [-0.25, -0.2) is 4.58 Å². The molecule has 0 amide bonds. The summed E-state index contributed by atoms with van der Waals surface area (Å²) in [6, 6.07) is 2.99. The summed E-state index contributed by atoms with van der Waals surface area (Å²) in [5.74, 6) is -2.48. The Labute approximate surface area is 237 Å². The third-order valence-corrected chi connectivity index (χ3v) is 7.45. The lowest BCUT2D eigenvalue weighted by Crippen LogP contribution is -2.28. The number of Topliss-reactive ketones (excluding diaryl/α,β-unsaturated/α-hetero) is 1. The van der Waals surface area contributed by atoms with Gasteiger partial charge in [-0.15, -0.1) is 0 Å². The summed E-state index contributed by atoms with van der Waals surface area (Å²) in [6.45, 7) is 11.5. The number of phenolic OH excluding ortho intramolecular Hbond substituents is 2. The Bertz CT molecular complexity index is 1200. The van der Waals surface area contributed by atoms with Crippen molar-refractivity contribution < 1.29 is 34.9 Å². The highest BCUT2D eigenvalue weighted by Gasteiger charge is 2.42. The molecule has 1 aromatic carbocycles. The van der Waals surface area contributed by atoms with E-state index in [1.807, 2.05) is 0 Å². The summed E-state index contributed by atoms with van der Waals surface area (Å²) >= 11 is 0. The second kappa shape index (κ2) is 14.1. The number of hydrogen-bond donors (Lipinski definition) is 5. The van der Waals surface area contributed by atoms with Crippen molar-refractivity contribution in [3.05, 3.63) is 58.3 Å². The van der Waals surface area contributed by atoms with E-state index in [1.54, 1.807) is 0 Å². The zero-order chi connectivity index (χ0) is 29.4. The minimum atomic E-state index is -0.683. The Hall–Kier alpha value is -3.68. The molecule has 2 aliphatic rings. The number of carbonyl (C=O) groups excluding carboxylic acids is 1. The standard InChI is InChI=1S/C32H44N2O6/c1-5-9-13-33(14-10-6-2)21-17-23(35)27(24(36)18-21)29-31(39)30(32(29)40)28-25(37)19-22(20-26(28)38)34(15-11-7-3)16-12-8-4/h17-20H,5-16H2,1-4H3,(H4,35,36,37,38,39,40)/p+1. The number of benzene rings is 1. The Balaban J connectivity index is 2.01. The maximum Gasteiger partial charge on any atom is 0.207 e. The Kier molecular flexibility index (Phi) is 10.9. The van der Waals surface area contributed by atoms with E-state index in [0.717, 1.165) is 77.5 Å². The Morgan fingerprint density at radius 3 is 1.57 bits per heavy atom. The van der Waals surface area contributed by atoms with E-state index < -0.39 is 11.5 Å². The predicted molar refractivity (Wildman–Crippen MR) is 160 cm³/mol. The van der Waals surface area contributed by atoms with E-state index in [2.05, 4.69) is 37.2 Å². The van der Waals surface area contributed by atoms with Crippen molar-refractivity contribution in [1.82, 2.24) is 0 Å². The van der Waals surface area contributed by atoms with E-state index in [9.17, 15) is 30.3 Å². The lowest BCUT2D eigenvalue weighted by atomic mass is 9.78. The van der Waals surface area contributed by atoms with Crippen LogP contribution >= 0.6 is 0 Å². The molecule has 218 valence electrons. The maximum absolute atomic E-state index is 13.3. The number of hydrogen-bond acceptors (Lipinski definition) is 7. The summed E-state index contributed by atoms with van der Waals surface area (Å²) in [5.41, 5.74) is 0.446. The molecule has 0 saturated heterocycles. The predicted octanol–water partition coefficient (Wildman–Crippen LogP) is 6.60. The van der Waals surface area contributed by atoms with Crippen LogP contribution in [0.15, 0.2) is 52.7 Å². The first-order chi connectivity index (χ1) is 19.2. The number of carbonyl (C=O) groups is 1. The molecule has 8 nitrogen and oxygen atoms in total. The largest absolute Gasteiger partial charge is 0.507 e. The van der Waals surface area contributed by atoms with Gasteiger partial charge in [0.15, 0.2) is 0 Å². The van der Waals surface area contributed by atoms with Crippen molar-refractivity contribution >= 4 is 22.8 Å². The number of nitrogens with zero attached hydrogens (tertiary/aromatic N) is 2. The zero-order valence-electron chi connectivity index (χ0n) is 24.3. The van der Waals surface area contributed by atoms with Crippen molar-refractivity contribution in [3.63, 3.8) is 0 Å². The lowest BCUT2D eigenvalue weighted by molar-refractivity contribution is -0.527. The molecule has 5 N–H and O–H groups in total. The zero-order valence-corrected chi connectivity index (χ0v) is 24.3. The topological polar surface area (TPSA) is 124 Å². The SMILES string of the molecule is CCCCN(CCCC)c1cc(O)c(C2=C(O)C(=C3C(O)=CC(=[N+](CCCC)CCCC)C=C3O)C2=O)c(O)c1. The molecule has 40 heavy (non-hydrogen) atoms. The molecule has 2 aliphatic carbocycles. The Morgan fingerprint density at radius 2 is 1.15 bits per heavy atom. The summed E-state index contributed by atoms with van der Waals surface area (Å²) in [7, 11) is 0. The summed E-state index contributed by atoms with van der Waals surface area (Å²) < 4.78 is 2.09. The smallest absolute Gasteiger partial charge is 0.207 e. The van der Waals surface area contributed by atoms with E-state index in [4.69, 9.17) is 0 Å². The van der Waals surface area contributed by atoms with Crippen LogP contribution < -0.4 is 4.90 Å². The average Bonchev–Trinajstić information content (AvgIpc) is 2.92. The first kappa shape index (κ1) is 30.9. The molecule has 0 spiro atoms. The fourth-order valence-corrected chi connectivity index (χ4v) is 5.07. The number of phenols is 2. The molecular weight excluding hydrogens is 508 g/mol. The highest BCUT2D eigenvalue weighted by Crippen LogP contribution is 2.47. The van der Waals surface area contributed by atoms with Crippen LogP contribution in [0, 0.1) is 0 Å². The number of aliphatic hydroxyl groups is 3. The van der Waals surface area contributed by atoms with Gasteiger partial charge in [0.1, 0.15) is 41.9 Å². The van der Waals surface area contributed by atoms with Crippen molar-refractivity contribution in [2.75, 3.05) is 31.1 Å². The van der Waals surface area contributed by atoms with Gasteiger partial charge in [-0.3, -0.25) is 4.79 Å². The van der Waals surface area contributed by atoms with Crippen LogP contribution in [0.3, 0.4) is 0 Å². The second-order valence-corrected chi connectivity index (χ2v) is 10.5. The molecule has 0 unspecified atom stereocenters. The van der Waals surface area contributed by atoms with Gasteiger partial charge in [0.2, 0.25) is 11.5 Å². The molecule has 0 radical (unpaired) electrons. The van der Waals surface area contributed by atoms with Crippen molar-refractivity contribution in [1.29, 1.82) is 0 Å². The molecule has 0 saturated carbocycles. The van der Waals surface area contributed by atoms with Gasteiger partial charge in [0.25, 0.3) is 0 Å².